The Morgan fingerprint density at radius 3 is 2.87 bits per heavy atom. The van der Waals surface area contributed by atoms with Gasteiger partial charge in [0.25, 0.3) is 0 Å². The van der Waals surface area contributed by atoms with Gasteiger partial charge in [0.05, 0.1) is 22.4 Å². The molecule has 1 unspecified atom stereocenters. The van der Waals surface area contributed by atoms with Crippen molar-refractivity contribution in [2.45, 2.75) is 32.7 Å². The van der Waals surface area contributed by atoms with E-state index in [9.17, 15) is 9.59 Å². The number of hydrogen-bond donors (Lipinski definition) is 2. The van der Waals surface area contributed by atoms with Crippen LogP contribution in [0.1, 0.15) is 45.5 Å². The normalized spacial score (nSPS) is 17.0. The van der Waals surface area contributed by atoms with Gasteiger partial charge in [-0.1, -0.05) is 0 Å². The van der Waals surface area contributed by atoms with E-state index in [2.05, 4.69) is 10.3 Å². The largest absolute Gasteiger partial charge is 0.481 e. The Balaban J connectivity index is 0.00000338. The van der Waals surface area contributed by atoms with Crippen molar-refractivity contribution in [2.75, 3.05) is 13.6 Å². The minimum Gasteiger partial charge on any atom is -0.481 e. The van der Waals surface area contributed by atoms with Crippen LogP contribution in [-0.4, -0.2) is 36.2 Å². The monoisotopic (exact) mass is 342 g/mol. The van der Waals surface area contributed by atoms with Crippen LogP contribution in [0, 0.1) is 6.92 Å². The first kappa shape index (κ1) is 14.7. The number of hydrogen-bond acceptors (Lipinski definition) is 6. The summed E-state index contributed by atoms with van der Waals surface area (Å²) in [4.78, 5) is 28.3. The molecule has 3 N–H and O–H groups in total. The highest BCUT2D eigenvalue weighted by Gasteiger charge is 2.30. The highest BCUT2D eigenvalue weighted by molar-refractivity contribution is 6.50. The van der Waals surface area contributed by atoms with Gasteiger partial charge in [0.1, 0.15) is 5.69 Å². The van der Waals surface area contributed by atoms with Crippen molar-refractivity contribution < 1.29 is 18.4 Å². The fourth-order valence-corrected chi connectivity index (χ4v) is 2.44. The van der Waals surface area contributed by atoms with Crippen LogP contribution in [0.3, 0.4) is 0 Å². The van der Waals surface area contributed by atoms with E-state index in [1.54, 1.807) is 6.92 Å². The lowest BCUT2D eigenvalue weighted by Gasteiger charge is -2.22. The fraction of sp³-hybridized carbons (Fsp3) is 0.438. The second kappa shape index (κ2) is 8.08. The lowest BCUT2D eigenvalue weighted by atomic mass is 9.93. The molecule has 1 aliphatic carbocycles. The highest BCUT2D eigenvalue weighted by atomic mass is 35.5. The predicted octanol–water partition coefficient (Wildman–Crippen LogP) is 1.64. The number of nitrogens with zero attached hydrogens (tertiary/aromatic N) is 1. The van der Waals surface area contributed by atoms with Crippen LogP contribution in [0.2, 0.25) is 0 Å². The van der Waals surface area contributed by atoms with Gasteiger partial charge in [0, 0.05) is 18.2 Å². The van der Waals surface area contributed by atoms with E-state index in [0.717, 1.165) is 12.8 Å². The molecular formula is C16H22ClN3O3. The minimum atomic E-state index is -2.66. The summed E-state index contributed by atoms with van der Waals surface area (Å²) >= 11 is 0. The molecule has 0 saturated carbocycles. The number of rotatable bonds is 6. The summed E-state index contributed by atoms with van der Waals surface area (Å²) in [6.07, 6.45) is 2.76. The van der Waals surface area contributed by atoms with E-state index < -0.39 is 18.6 Å². The molecule has 0 saturated heterocycles. The van der Waals surface area contributed by atoms with E-state index in [0.29, 0.717) is 17.8 Å². The lowest BCUT2D eigenvalue weighted by molar-refractivity contribution is -0.111. The van der Waals surface area contributed by atoms with Crippen molar-refractivity contribution in [3.05, 3.63) is 29.0 Å². The summed E-state index contributed by atoms with van der Waals surface area (Å²) in [6, 6.07) is 1.34. The Kier molecular flexibility index (Phi) is 5.15. The van der Waals surface area contributed by atoms with Crippen LogP contribution < -0.4 is 15.8 Å². The molecular weight excluding hydrogens is 318 g/mol. The number of Topliss-reactive ketones (excluding diaryl/α,β-unsaturated/α-hetero) is 1. The predicted molar refractivity (Wildman–Crippen MR) is 91.0 cm³/mol. The number of carbonyl (C=O) groups excluding carboxylic acids is 2. The van der Waals surface area contributed by atoms with E-state index in [4.69, 9.17) is 14.6 Å². The van der Waals surface area contributed by atoms with Crippen LogP contribution in [0.25, 0.3) is 5.70 Å². The van der Waals surface area contributed by atoms with E-state index in [1.807, 2.05) is 6.92 Å². The molecule has 1 aliphatic rings. The highest BCUT2D eigenvalue weighted by Crippen LogP contribution is 2.27. The van der Waals surface area contributed by atoms with Crippen molar-refractivity contribution in [3.8, 4) is 5.88 Å². The molecule has 0 fully saturated rings. The van der Waals surface area contributed by atoms with Crippen molar-refractivity contribution in [1.29, 1.82) is 0 Å². The van der Waals surface area contributed by atoms with Crippen molar-refractivity contribution in [3.63, 3.8) is 0 Å². The zero-order chi connectivity index (χ0) is 18.8. The number of carbonyl (C=O) groups is 2. The van der Waals surface area contributed by atoms with Gasteiger partial charge in [0.15, 0.2) is 0 Å². The summed E-state index contributed by atoms with van der Waals surface area (Å²) < 4.78 is 26.4. The molecule has 0 spiro atoms. The van der Waals surface area contributed by atoms with Crippen LogP contribution in [0.4, 0.5) is 0 Å². The first-order valence-electron chi connectivity index (χ1n) is 8.60. The second-order valence-electron chi connectivity index (χ2n) is 5.33. The van der Waals surface area contributed by atoms with Gasteiger partial charge in [0.2, 0.25) is 17.4 Å². The zero-order valence-electron chi connectivity index (χ0n) is 16.0. The smallest absolute Gasteiger partial charge is 0.235 e. The zero-order valence-corrected chi connectivity index (χ0v) is 13.8. The van der Waals surface area contributed by atoms with Crippen LogP contribution in [0.15, 0.2) is 12.1 Å². The number of halogens is 1. The molecule has 0 aliphatic heterocycles. The van der Waals surface area contributed by atoms with Gasteiger partial charge >= 0.3 is 0 Å². The summed E-state index contributed by atoms with van der Waals surface area (Å²) in [7, 11) is -2.66. The molecule has 0 bridgehead atoms. The van der Waals surface area contributed by atoms with Crippen molar-refractivity contribution in [1.82, 2.24) is 10.3 Å². The maximum atomic E-state index is 12.2. The Morgan fingerprint density at radius 1 is 1.48 bits per heavy atom. The van der Waals surface area contributed by atoms with Crippen LogP contribution in [0.5, 0.6) is 5.88 Å². The summed E-state index contributed by atoms with van der Waals surface area (Å²) in [5.74, 6) is -1.43. The fourth-order valence-electron chi connectivity index (χ4n) is 2.44. The number of fused-ring (bicyclic) bond motifs is 1. The molecule has 0 radical (unpaired) electrons. The van der Waals surface area contributed by atoms with E-state index in [-0.39, 0.29) is 35.6 Å². The number of methoxy groups -OCH3 is 1. The minimum absolute atomic E-state index is 0. The molecule has 1 aromatic heterocycles. The van der Waals surface area contributed by atoms with E-state index >= 15 is 0 Å². The molecule has 1 atom stereocenters. The third kappa shape index (κ3) is 4.09. The molecule has 7 heteroatoms. The number of allylic oxidation sites excluding steroid dienone is 1. The Labute approximate surface area is 146 Å². The summed E-state index contributed by atoms with van der Waals surface area (Å²) in [5, 5.41) is 3.15. The van der Waals surface area contributed by atoms with Gasteiger partial charge < -0.3 is 15.8 Å². The van der Waals surface area contributed by atoms with Crippen molar-refractivity contribution in [2.24, 2.45) is 5.73 Å². The molecule has 6 nitrogen and oxygen atoms in total. The molecule has 23 heavy (non-hydrogen) atoms. The number of ketones is 2. The molecule has 0 amide bonds. The maximum Gasteiger partial charge on any atom is 0.235 e. The number of pyridine rings is 1. The number of nitrogens with two attached hydrogens (primary N) is 1. The van der Waals surface area contributed by atoms with Crippen molar-refractivity contribution >= 4 is 29.7 Å². The van der Waals surface area contributed by atoms with E-state index in [1.165, 1.54) is 12.1 Å². The third-order valence-electron chi connectivity index (χ3n) is 3.52. The molecule has 1 heterocycles. The van der Waals surface area contributed by atoms with Gasteiger partial charge in [-0.05, 0) is 38.8 Å². The standard InChI is InChI=1S/C16H21N3O3.ClH/c1-9-7-13(22-3)19-15-11(18-10(2)5-4-6-17)8-12(20)16(21)14(9)15;/h7-8,10,18H,4-6,17H2,1-3H3;1H/i3D3;. The molecule has 0 aromatic carbocycles. The summed E-state index contributed by atoms with van der Waals surface area (Å²) in [5.41, 5.74) is 6.71. The van der Waals surface area contributed by atoms with Gasteiger partial charge in [-0.2, -0.15) is 0 Å². The van der Waals surface area contributed by atoms with Gasteiger partial charge in [-0.25, -0.2) is 4.98 Å². The maximum absolute atomic E-state index is 12.2. The topological polar surface area (TPSA) is 94.3 Å². The van der Waals surface area contributed by atoms with Gasteiger partial charge in [-0.3, -0.25) is 9.59 Å². The first-order valence-corrected chi connectivity index (χ1v) is 7.10. The third-order valence-corrected chi connectivity index (χ3v) is 3.52. The Bertz CT molecular complexity index is 735. The quantitative estimate of drug-likeness (QED) is 0.763. The summed E-state index contributed by atoms with van der Waals surface area (Å²) in [6.45, 7) is 4.08. The number of aryl methyl sites for hydroxylation is 1. The average Bonchev–Trinajstić information content (AvgIpc) is 2.48. The Hall–Kier alpha value is -1.92. The molecule has 1 aromatic rings. The first-order chi connectivity index (χ1) is 11.6. The number of nitrogens with one attached hydrogen (secondary N) is 1. The van der Waals surface area contributed by atoms with Crippen LogP contribution in [-0.2, 0) is 4.79 Å². The van der Waals surface area contributed by atoms with Gasteiger partial charge in [-0.15, -0.1) is 12.4 Å². The second-order valence-corrected chi connectivity index (χ2v) is 5.33. The van der Waals surface area contributed by atoms with Crippen LogP contribution >= 0.6 is 12.4 Å². The molecule has 2 rings (SSSR count). The number of ether oxygens (including phenoxy) is 1. The molecule has 126 valence electrons. The number of aromatic nitrogens is 1. The Morgan fingerprint density at radius 2 is 2.22 bits per heavy atom. The SMILES string of the molecule is Cl.[2H]C([2H])([2H])Oc1cc(C)c2c(n1)C(NC(C)CCCN)=CC(=O)C2=O. The average molecular weight is 343 g/mol. The lowest BCUT2D eigenvalue weighted by Crippen LogP contribution is -2.31.